The van der Waals surface area contributed by atoms with Crippen molar-refractivity contribution < 1.29 is 5.11 Å². The van der Waals surface area contributed by atoms with Crippen LogP contribution < -0.4 is 5.32 Å². The highest BCUT2D eigenvalue weighted by Crippen LogP contribution is 2.43. The predicted octanol–water partition coefficient (Wildman–Crippen LogP) is 3.33. The number of rotatable bonds is 5. The number of hydrogen-bond donors (Lipinski definition) is 2. The molecule has 0 spiro atoms. The molecule has 0 heterocycles. The quantitative estimate of drug-likeness (QED) is 0.867. The molecule has 2 nitrogen and oxygen atoms in total. The van der Waals surface area contributed by atoms with Crippen molar-refractivity contribution in [2.24, 2.45) is 0 Å². The van der Waals surface area contributed by atoms with Crippen LogP contribution in [0.1, 0.15) is 49.8 Å². The third kappa shape index (κ3) is 3.33. The Balaban J connectivity index is 2.19. The average molecular weight is 279 g/mol. The van der Waals surface area contributed by atoms with E-state index < -0.39 is 0 Å². The topological polar surface area (TPSA) is 32.3 Å². The summed E-state index contributed by atoms with van der Waals surface area (Å²) in [7, 11) is 2.06. The summed E-state index contributed by atoms with van der Waals surface area (Å²) in [5.41, 5.74) is 2.95. The third-order valence-electron chi connectivity index (χ3n) is 4.07. The van der Waals surface area contributed by atoms with Crippen molar-refractivity contribution in [3.63, 3.8) is 0 Å². The van der Waals surface area contributed by atoms with E-state index in [-0.39, 0.29) is 6.61 Å². The molecule has 1 aliphatic rings. The van der Waals surface area contributed by atoms with Gasteiger partial charge in [0.2, 0.25) is 0 Å². The Morgan fingerprint density at radius 1 is 1.37 bits per heavy atom. The Morgan fingerprint density at radius 3 is 2.68 bits per heavy atom. The number of benzene rings is 1. The second kappa shape index (κ2) is 6.78. The Morgan fingerprint density at radius 2 is 2.05 bits per heavy atom. The number of nitrogens with one attached hydrogen (secondary N) is 1. The van der Waals surface area contributed by atoms with E-state index >= 15 is 0 Å². The molecule has 0 bridgehead atoms. The molecule has 4 unspecified atom stereocenters. The summed E-state index contributed by atoms with van der Waals surface area (Å²) >= 11 is 2.02. The zero-order valence-electron chi connectivity index (χ0n) is 12.1. The van der Waals surface area contributed by atoms with Crippen LogP contribution in [-0.2, 0) is 0 Å². The molecule has 19 heavy (non-hydrogen) atoms. The molecule has 1 aromatic rings. The minimum absolute atomic E-state index is 0.289. The van der Waals surface area contributed by atoms with E-state index in [9.17, 15) is 0 Å². The van der Waals surface area contributed by atoms with E-state index in [4.69, 9.17) is 5.11 Å². The zero-order valence-corrected chi connectivity index (χ0v) is 12.9. The summed E-state index contributed by atoms with van der Waals surface area (Å²) in [6.07, 6.45) is 2.09. The molecule has 2 rings (SSSR count). The molecule has 0 saturated heterocycles. The van der Waals surface area contributed by atoms with Crippen molar-refractivity contribution in [3.05, 3.63) is 35.4 Å². The molecule has 0 aromatic heterocycles. The zero-order chi connectivity index (χ0) is 13.8. The first-order valence-electron chi connectivity index (χ1n) is 7.19. The lowest BCUT2D eigenvalue weighted by Gasteiger charge is -2.37. The molecule has 1 aromatic carbocycles. The molecule has 4 atom stereocenters. The second-order valence-electron chi connectivity index (χ2n) is 5.53. The van der Waals surface area contributed by atoms with Gasteiger partial charge >= 0.3 is 0 Å². The van der Waals surface area contributed by atoms with Gasteiger partial charge in [-0.1, -0.05) is 38.1 Å². The predicted molar refractivity (Wildman–Crippen MR) is 83.8 cm³/mol. The van der Waals surface area contributed by atoms with Gasteiger partial charge in [-0.2, -0.15) is 11.8 Å². The van der Waals surface area contributed by atoms with Crippen LogP contribution in [0.25, 0.3) is 0 Å². The highest BCUT2D eigenvalue weighted by Gasteiger charge is 2.33. The summed E-state index contributed by atoms with van der Waals surface area (Å²) in [4.78, 5) is 0. The fourth-order valence-corrected chi connectivity index (χ4v) is 4.76. The Labute approximate surface area is 121 Å². The van der Waals surface area contributed by atoms with Gasteiger partial charge in [-0.25, -0.2) is 0 Å². The van der Waals surface area contributed by atoms with Gasteiger partial charge in [0.25, 0.3) is 0 Å². The normalized spacial score (nSPS) is 27.9. The second-order valence-corrected chi connectivity index (χ2v) is 7.21. The summed E-state index contributed by atoms with van der Waals surface area (Å²) < 4.78 is 0. The minimum Gasteiger partial charge on any atom is -0.396 e. The van der Waals surface area contributed by atoms with Crippen LogP contribution in [0.2, 0.25) is 0 Å². The molecule has 2 N–H and O–H groups in total. The average Bonchev–Trinajstić information content (AvgIpc) is 2.39. The van der Waals surface area contributed by atoms with Crippen LogP contribution in [0, 0.1) is 0 Å². The van der Waals surface area contributed by atoms with Crippen molar-refractivity contribution in [3.8, 4) is 0 Å². The summed E-state index contributed by atoms with van der Waals surface area (Å²) in [5.74, 6) is 0.625. The fraction of sp³-hybridized carbons (Fsp3) is 0.625. The first-order chi connectivity index (χ1) is 9.17. The number of hydrogen-bond acceptors (Lipinski definition) is 3. The fourth-order valence-electron chi connectivity index (χ4n) is 3.08. The van der Waals surface area contributed by atoms with Gasteiger partial charge in [-0.15, -0.1) is 0 Å². The molecule has 1 aliphatic carbocycles. The van der Waals surface area contributed by atoms with E-state index in [1.807, 2.05) is 11.8 Å². The Kier molecular flexibility index (Phi) is 5.31. The standard InChI is InChI=1S/C16H25NOS/c1-11-10-15(19-12(2)8-9-18)16(17-3)14-7-5-4-6-13(11)14/h4-7,11-12,15-18H,8-10H2,1-3H3. The smallest absolute Gasteiger partial charge is 0.0441 e. The molecule has 3 heteroatoms. The third-order valence-corrected chi connectivity index (χ3v) is 5.59. The van der Waals surface area contributed by atoms with Gasteiger partial charge in [0.15, 0.2) is 0 Å². The van der Waals surface area contributed by atoms with Crippen LogP contribution >= 0.6 is 11.8 Å². The summed E-state index contributed by atoms with van der Waals surface area (Å²) in [5, 5.41) is 13.7. The lowest BCUT2D eigenvalue weighted by atomic mass is 9.81. The Hall–Kier alpha value is -0.510. The molecule has 0 fully saturated rings. The first kappa shape index (κ1) is 14.9. The van der Waals surface area contributed by atoms with Crippen molar-refractivity contribution in [1.29, 1.82) is 0 Å². The number of thioether (sulfide) groups is 1. The van der Waals surface area contributed by atoms with Gasteiger partial charge < -0.3 is 10.4 Å². The summed E-state index contributed by atoms with van der Waals surface area (Å²) in [6, 6.07) is 9.24. The monoisotopic (exact) mass is 279 g/mol. The first-order valence-corrected chi connectivity index (χ1v) is 8.14. The molecule has 0 aliphatic heterocycles. The van der Waals surface area contributed by atoms with Crippen molar-refractivity contribution in [1.82, 2.24) is 5.32 Å². The van der Waals surface area contributed by atoms with Crippen LogP contribution in [-0.4, -0.2) is 29.3 Å². The van der Waals surface area contributed by atoms with E-state index in [0.717, 1.165) is 6.42 Å². The molecule has 0 amide bonds. The molecular formula is C16H25NOS. The minimum atomic E-state index is 0.289. The van der Waals surface area contributed by atoms with Crippen LogP contribution in [0.15, 0.2) is 24.3 Å². The maximum atomic E-state index is 9.07. The van der Waals surface area contributed by atoms with E-state index in [1.165, 1.54) is 17.5 Å². The lowest BCUT2D eigenvalue weighted by molar-refractivity contribution is 0.288. The van der Waals surface area contributed by atoms with Crippen molar-refractivity contribution in [2.75, 3.05) is 13.7 Å². The van der Waals surface area contributed by atoms with Gasteiger partial charge in [-0.3, -0.25) is 0 Å². The van der Waals surface area contributed by atoms with Gasteiger partial charge in [-0.05, 0) is 36.9 Å². The Bertz CT molecular complexity index is 409. The van der Waals surface area contributed by atoms with Crippen molar-refractivity contribution >= 4 is 11.8 Å². The molecular weight excluding hydrogens is 254 g/mol. The van der Waals surface area contributed by atoms with Crippen LogP contribution in [0.5, 0.6) is 0 Å². The van der Waals surface area contributed by atoms with Crippen LogP contribution in [0.4, 0.5) is 0 Å². The van der Waals surface area contributed by atoms with Gasteiger partial charge in [0.05, 0.1) is 0 Å². The highest BCUT2D eigenvalue weighted by molar-refractivity contribution is 8.00. The SMILES string of the molecule is CNC1c2ccccc2C(C)CC1SC(C)CCO. The lowest BCUT2D eigenvalue weighted by Crippen LogP contribution is -2.34. The molecule has 0 saturated carbocycles. The highest BCUT2D eigenvalue weighted by atomic mass is 32.2. The van der Waals surface area contributed by atoms with E-state index in [0.29, 0.717) is 22.5 Å². The number of fused-ring (bicyclic) bond motifs is 1. The number of aliphatic hydroxyl groups is 1. The maximum absolute atomic E-state index is 9.07. The van der Waals surface area contributed by atoms with Crippen molar-refractivity contribution in [2.45, 2.75) is 49.1 Å². The maximum Gasteiger partial charge on any atom is 0.0441 e. The van der Waals surface area contributed by atoms with Crippen LogP contribution in [0.3, 0.4) is 0 Å². The largest absolute Gasteiger partial charge is 0.396 e. The van der Waals surface area contributed by atoms with Gasteiger partial charge in [0, 0.05) is 23.1 Å². The van der Waals surface area contributed by atoms with E-state index in [1.54, 1.807) is 0 Å². The number of aliphatic hydroxyl groups excluding tert-OH is 1. The van der Waals surface area contributed by atoms with Gasteiger partial charge in [0.1, 0.15) is 0 Å². The molecule has 0 radical (unpaired) electrons. The molecule has 106 valence electrons. The summed E-state index contributed by atoms with van der Waals surface area (Å²) in [6.45, 7) is 4.84. The van der Waals surface area contributed by atoms with E-state index in [2.05, 4.69) is 50.5 Å².